The van der Waals surface area contributed by atoms with Gasteiger partial charge in [-0.25, -0.2) is 23.2 Å². The molecule has 1 aromatic rings. The van der Waals surface area contributed by atoms with Crippen molar-refractivity contribution < 1.29 is 17.9 Å². The predicted octanol–water partition coefficient (Wildman–Crippen LogP) is 0.897. The van der Waals surface area contributed by atoms with Crippen LogP contribution in [-0.2, 0) is 21.0 Å². The number of carbonyl (C=O) groups is 1. The van der Waals surface area contributed by atoms with Gasteiger partial charge in [0.25, 0.3) is 0 Å². The first-order valence-electron chi connectivity index (χ1n) is 8.13. The maximum absolute atomic E-state index is 12.1. The maximum Gasteiger partial charge on any atom is 0.319 e. The first kappa shape index (κ1) is 17.1. The minimum atomic E-state index is -3.03. The van der Waals surface area contributed by atoms with E-state index in [9.17, 15) is 13.2 Å². The van der Waals surface area contributed by atoms with Crippen LogP contribution in [0.3, 0.4) is 0 Å². The summed E-state index contributed by atoms with van der Waals surface area (Å²) >= 11 is 0. The molecule has 0 saturated carbocycles. The van der Waals surface area contributed by atoms with Crippen LogP contribution in [0.25, 0.3) is 0 Å². The fourth-order valence-corrected chi connectivity index (χ4v) is 5.24. The molecule has 0 aromatic carbocycles. The van der Waals surface area contributed by atoms with E-state index in [0.717, 1.165) is 12.2 Å². The minimum absolute atomic E-state index is 0.0477. The summed E-state index contributed by atoms with van der Waals surface area (Å²) in [5.74, 6) is 0.925. The molecule has 2 unspecified atom stereocenters. The molecule has 1 aromatic heterocycles. The zero-order valence-corrected chi connectivity index (χ0v) is 14.4. The number of rotatable bonds is 3. The van der Waals surface area contributed by atoms with E-state index in [1.807, 2.05) is 6.92 Å². The lowest BCUT2D eigenvalue weighted by Gasteiger charge is -2.37. The highest BCUT2D eigenvalue weighted by Gasteiger charge is 2.46. The normalized spacial score (nSPS) is 28.6. The van der Waals surface area contributed by atoms with Gasteiger partial charge in [0.2, 0.25) is 0 Å². The van der Waals surface area contributed by atoms with Gasteiger partial charge in [-0.05, 0) is 19.3 Å². The Hall–Kier alpha value is -1.74. The summed E-state index contributed by atoms with van der Waals surface area (Å²) in [6, 6.07) is -0.450. The van der Waals surface area contributed by atoms with Crippen LogP contribution >= 0.6 is 0 Å². The van der Waals surface area contributed by atoms with Gasteiger partial charge >= 0.3 is 6.03 Å². The number of ether oxygens (including phenoxy) is 1. The molecule has 2 aliphatic rings. The number of nitrogens with zero attached hydrogens (tertiary/aromatic N) is 2. The second kappa shape index (κ2) is 6.64. The SMILES string of the molecule is CCc1ncc(NC(=O)NC2CCOC3(CCS(=O)(=O)C3)C2)cn1. The van der Waals surface area contributed by atoms with E-state index in [2.05, 4.69) is 20.6 Å². The van der Waals surface area contributed by atoms with Crippen molar-refractivity contribution in [3.05, 3.63) is 18.2 Å². The fraction of sp³-hybridized carbons (Fsp3) is 0.667. The second-order valence-electron chi connectivity index (χ2n) is 6.40. The molecule has 0 aliphatic carbocycles. The smallest absolute Gasteiger partial charge is 0.319 e. The third-order valence-electron chi connectivity index (χ3n) is 4.46. The van der Waals surface area contributed by atoms with E-state index >= 15 is 0 Å². The molecule has 3 heterocycles. The molecule has 3 rings (SSSR count). The molecule has 1 spiro atoms. The molecule has 2 N–H and O–H groups in total. The summed E-state index contributed by atoms with van der Waals surface area (Å²) in [7, 11) is -3.03. The minimum Gasteiger partial charge on any atom is -0.374 e. The van der Waals surface area contributed by atoms with Crippen molar-refractivity contribution in [2.24, 2.45) is 0 Å². The predicted molar refractivity (Wildman–Crippen MR) is 88.5 cm³/mol. The van der Waals surface area contributed by atoms with Crippen LogP contribution in [0.5, 0.6) is 0 Å². The number of aromatic nitrogens is 2. The van der Waals surface area contributed by atoms with Crippen LogP contribution in [0.4, 0.5) is 10.5 Å². The summed E-state index contributed by atoms with van der Waals surface area (Å²) in [6.07, 6.45) is 5.56. The number of carbonyl (C=O) groups excluding carboxylic acids is 1. The van der Waals surface area contributed by atoms with Crippen LogP contribution in [0.2, 0.25) is 0 Å². The van der Waals surface area contributed by atoms with Gasteiger partial charge in [0, 0.05) is 19.1 Å². The molecule has 2 amide bonds. The number of sulfone groups is 1. The van der Waals surface area contributed by atoms with Crippen LogP contribution in [0.1, 0.15) is 32.0 Å². The lowest BCUT2D eigenvalue weighted by molar-refractivity contribution is -0.0685. The van der Waals surface area contributed by atoms with Crippen molar-refractivity contribution >= 4 is 21.6 Å². The maximum atomic E-state index is 12.1. The number of aryl methyl sites for hydroxylation is 1. The summed E-state index contributed by atoms with van der Waals surface area (Å²) < 4.78 is 29.2. The first-order valence-corrected chi connectivity index (χ1v) is 9.95. The molecule has 2 saturated heterocycles. The highest BCUT2D eigenvalue weighted by Crippen LogP contribution is 2.35. The average Bonchev–Trinajstić information content (AvgIpc) is 2.82. The Morgan fingerprint density at radius 2 is 2.17 bits per heavy atom. The molecule has 9 heteroatoms. The molecule has 0 radical (unpaired) electrons. The zero-order chi connectivity index (χ0) is 17.2. The van der Waals surface area contributed by atoms with Crippen molar-refractivity contribution in [1.29, 1.82) is 0 Å². The monoisotopic (exact) mass is 354 g/mol. The largest absolute Gasteiger partial charge is 0.374 e. The number of hydrogen-bond acceptors (Lipinski definition) is 6. The zero-order valence-electron chi connectivity index (χ0n) is 13.6. The highest BCUT2D eigenvalue weighted by atomic mass is 32.2. The van der Waals surface area contributed by atoms with Gasteiger partial charge in [-0.2, -0.15) is 0 Å². The summed E-state index contributed by atoms with van der Waals surface area (Å²) in [4.78, 5) is 20.4. The second-order valence-corrected chi connectivity index (χ2v) is 8.59. The quantitative estimate of drug-likeness (QED) is 0.834. The summed E-state index contributed by atoms with van der Waals surface area (Å²) in [5, 5.41) is 5.60. The van der Waals surface area contributed by atoms with Gasteiger partial charge in [-0.15, -0.1) is 0 Å². The number of urea groups is 1. The van der Waals surface area contributed by atoms with Gasteiger partial charge < -0.3 is 15.4 Å². The molecule has 2 atom stereocenters. The van der Waals surface area contributed by atoms with Gasteiger partial charge in [-0.1, -0.05) is 6.92 Å². The molecule has 8 nitrogen and oxygen atoms in total. The van der Waals surface area contributed by atoms with Crippen molar-refractivity contribution in [2.45, 2.75) is 44.2 Å². The van der Waals surface area contributed by atoms with Crippen LogP contribution in [0.15, 0.2) is 12.4 Å². The van der Waals surface area contributed by atoms with Crippen LogP contribution in [-0.4, -0.2) is 54.2 Å². The molecule has 132 valence electrons. The third kappa shape index (κ3) is 4.02. The van der Waals surface area contributed by atoms with Crippen molar-refractivity contribution in [1.82, 2.24) is 15.3 Å². The lowest BCUT2D eigenvalue weighted by atomic mass is 9.90. The van der Waals surface area contributed by atoms with E-state index in [1.54, 1.807) is 12.4 Å². The molecular formula is C15H22N4O4S. The van der Waals surface area contributed by atoms with Crippen LogP contribution < -0.4 is 10.6 Å². The Kier molecular flexibility index (Phi) is 4.73. The standard InChI is InChI=1S/C15H22N4O4S/c1-2-13-16-8-12(9-17-13)19-14(20)18-11-3-5-23-15(7-11)4-6-24(21,22)10-15/h8-9,11H,2-7,10H2,1H3,(H2,18,19,20). The Morgan fingerprint density at radius 1 is 1.42 bits per heavy atom. The lowest BCUT2D eigenvalue weighted by Crippen LogP contribution is -2.50. The topological polar surface area (TPSA) is 110 Å². The van der Waals surface area contributed by atoms with Crippen molar-refractivity contribution in [2.75, 3.05) is 23.4 Å². The van der Waals surface area contributed by atoms with E-state index < -0.39 is 15.4 Å². The number of hydrogen-bond donors (Lipinski definition) is 2. The average molecular weight is 354 g/mol. The van der Waals surface area contributed by atoms with E-state index in [4.69, 9.17) is 4.74 Å². The summed E-state index contributed by atoms with van der Waals surface area (Å²) in [6.45, 7) is 2.41. The van der Waals surface area contributed by atoms with Gasteiger partial charge in [0.1, 0.15) is 5.82 Å². The van der Waals surface area contributed by atoms with E-state index in [1.165, 1.54) is 0 Å². The van der Waals surface area contributed by atoms with Gasteiger partial charge in [-0.3, -0.25) is 0 Å². The number of nitrogens with one attached hydrogen (secondary N) is 2. The fourth-order valence-electron chi connectivity index (χ4n) is 3.27. The van der Waals surface area contributed by atoms with Crippen molar-refractivity contribution in [3.63, 3.8) is 0 Å². The molecule has 0 bridgehead atoms. The highest BCUT2D eigenvalue weighted by molar-refractivity contribution is 7.91. The Bertz CT molecular complexity index is 707. The molecular weight excluding hydrogens is 332 g/mol. The molecule has 2 fully saturated rings. The Balaban J connectivity index is 1.56. The Labute approximate surface area is 141 Å². The first-order chi connectivity index (χ1) is 11.4. The summed E-state index contributed by atoms with van der Waals surface area (Å²) in [5.41, 5.74) is -0.115. The van der Waals surface area contributed by atoms with E-state index in [0.29, 0.717) is 31.6 Å². The third-order valence-corrected chi connectivity index (χ3v) is 6.25. The van der Waals surface area contributed by atoms with Crippen molar-refractivity contribution in [3.8, 4) is 0 Å². The Morgan fingerprint density at radius 3 is 2.79 bits per heavy atom. The number of anilines is 1. The molecule has 24 heavy (non-hydrogen) atoms. The van der Waals surface area contributed by atoms with Gasteiger partial charge in [0.15, 0.2) is 9.84 Å². The van der Waals surface area contributed by atoms with Gasteiger partial charge in [0.05, 0.1) is 35.2 Å². The van der Waals surface area contributed by atoms with Crippen LogP contribution in [0, 0.1) is 0 Å². The number of amides is 2. The van der Waals surface area contributed by atoms with E-state index in [-0.39, 0.29) is 23.6 Å². The molecule has 2 aliphatic heterocycles.